The second kappa shape index (κ2) is 8.10. The van der Waals surface area contributed by atoms with Gasteiger partial charge in [-0.05, 0) is 50.1 Å². The van der Waals surface area contributed by atoms with Crippen molar-refractivity contribution < 1.29 is 28.4 Å². The van der Waals surface area contributed by atoms with Crippen molar-refractivity contribution in [3.05, 3.63) is 76.0 Å². The Morgan fingerprint density at radius 3 is 2.34 bits per heavy atom. The van der Waals surface area contributed by atoms with Crippen LogP contribution >= 0.6 is 0 Å². The topological polar surface area (TPSA) is 119 Å². The fourth-order valence-corrected chi connectivity index (χ4v) is 3.44. The van der Waals surface area contributed by atoms with Gasteiger partial charge in [0.2, 0.25) is 0 Å². The molecule has 0 atom stereocenters. The molecule has 32 heavy (non-hydrogen) atoms. The molecule has 3 aromatic rings. The van der Waals surface area contributed by atoms with E-state index in [4.69, 9.17) is 9.26 Å². The maximum Gasteiger partial charge on any atom is 0.338 e. The number of aromatic nitrogens is 1. The average molecular weight is 433 g/mol. The molecule has 9 heteroatoms. The summed E-state index contributed by atoms with van der Waals surface area (Å²) in [6.07, 6.45) is 0. The van der Waals surface area contributed by atoms with Crippen molar-refractivity contribution in [1.29, 1.82) is 0 Å². The minimum atomic E-state index is -0.791. The number of amides is 3. The SMILES string of the molecule is Cc1cc(N2C(=O)c3ccc(C(=O)OCC(=O)Nc4c(C)cccc4C)cc3C2=O)no1. The molecule has 0 spiro atoms. The third-order valence-electron chi connectivity index (χ3n) is 5.05. The summed E-state index contributed by atoms with van der Waals surface area (Å²) in [5.41, 5.74) is 2.67. The largest absolute Gasteiger partial charge is 0.452 e. The Labute approximate surface area is 182 Å². The Kier molecular flexibility index (Phi) is 5.31. The van der Waals surface area contributed by atoms with Gasteiger partial charge in [-0.3, -0.25) is 14.4 Å². The summed E-state index contributed by atoms with van der Waals surface area (Å²) >= 11 is 0. The van der Waals surface area contributed by atoms with Crippen LogP contribution in [-0.4, -0.2) is 35.5 Å². The summed E-state index contributed by atoms with van der Waals surface area (Å²) in [6, 6.07) is 11.1. The van der Waals surface area contributed by atoms with Crippen molar-refractivity contribution in [1.82, 2.24) is 5.16 Å². The van der Waals surface area contributed by atoms with Crippen molar-refractivity contribution in [3.63, 3.8) is 0 Å². The zero-order valence-corrected chi connectivity index (χ0v) is 17.6. The number of aryl methyl sites for hydroxylation is 3. The second-order valence-corrected chi connectivity index (χ2v) is 7.39. The average Bonchev–Trinajstić information content (AvgIpc) is 3.29. The number of carbonyl (C=O) groups is 4. The summed E-state index contributed by atoms with van der Waals surface area (Å²) in [5, 5.41) is 6.44. The van der Waals surface area contributed by atoms with Gasteiger partial charge in [0.15, 0.2) is 12.4 Å². The number of carbonyl (C=O) groups excluding carboxylic acids is 4. The van der Waals surface area contributed by atoms with Crippen LogP contribution in [0.3, 0.4) is 0 Å². The predicted octanol–water partition coefficient (Wildman–Crippen LogP) is 3.20. The predicted molar refractivity (Wildman–Crippen MR) is 114 cm³/mol. The number of rotatable bonds is 5. The lowest BCUT2D eigenvalue weighted by Gasteiger charge is -2.11. The normalized spacial score (nSPS) is 12.7. The monoisotopic (exact) mass is 433 g/mol. The van der Waals surface area contributed by atoms with E-state index < -0.39 is 30.3 Å². The van der Waals surface area contributed by atoms with Gasteiger partial charge in [0.05, 0.1) is 16.7 Å². The highest BCUT2D eigenvalue weighted by Gasteiger charge is 2.38. The van der Waals surface area contributed by atoms with Gasteiger partial charge in [0.25, 0.3) is 17.7 Å². The molecule has 4 rings (SSSR count). The smallest absolute Gasteiger partial charge is 0.338 e. The first-order valence-electron chi connectivity index (χ1n) is 9.75. The van der Waals surface area contributed by atoms with Crippen molar-refractivity contribution in [2.75, 3.05) is 16.8 Å². The van der Waals surface area contributed by atoms with Crippen molar-refractivity contribution >= 4 is 35.2 Å². The van der Waals surface area contributed by atoms with E-state index >= 15 is 0 Å². The molecule has 0 aliphatic carbocycles. The number of hydrogen-bond donors (Lipinski definition) is 1. The van der Waals surface area contributed by atoms with E-state index in [1.54, 1.807) is 6.92 Å². The van der Waals surface area contributed by atoms with Crippen LogP contribution in [0.15, 0.2) is 47.0 Å². The highest BCUT2D eigenvalue weighted by Crippen LogP contribution is 2.29. The number of para-hydroxylation sites is 1. The zero-order valence-electron chi connectivity index (χ0n) is 17.6. The summed E-state index contributed by atoms with van der Waals surface area (Å²) in [5.74, 6) is -1.95. The van der Waals surface area contributed by atoms with Gasteiger partial charge in [0, 0.05) is 11.8 Å². The highest BCUT2D eigenvalue weighted by atomic mass is 16.5. The maximum atomic E-state index is 12.7. The molecule has 9 nitrogen and oxygen atoms in total. The number of nitrogens with zero attached hydrogens (tertiary/aromatic N) is 2. The Balaban J connectivity index is 1.45. The molecule has 1 aliphatic heterocycles. The first kappa shape index (κ1) is 21.0. The molecule has 0 bridgehead atoms. The third-order valence-corrected chi connectivity index (χ3v) is 5.05. The lowest BCUT2D eigenvalue weighted by Crippen LogP contribution is -2.29. The fraction of sp³-hybridized carbons (Fsp3) is 0.174. The van der Waals surface area contributed by atoms with Crippen molar-refractivity contribution in [2.45, 2.75) is 20.8 Å². The van der Waals surface area contributed by atoms with Crippen LogP contribution < -0.4 is 10.2 Å². The van der Waals surface area contributed by atoms with Crippen molar-refractivity contribution in [2.24, 2.45) is 0 Å². The Morgan fingerprint density at radius 1 is 1.00 bits per heavy atom. The number of anilines is 2. The molecule has 3 amide bonds. The fourth-order valence-electron chi connectivity index (χ4n) is 3.44. The van der Waals surface area contributed by atoms with Gasteiger partial charge in [-0.1, -0.05) is 23.4 Å². The number of hydrogen-bond acceptors (Lipinski definition) is 7. The van der Waals surface area contributed by atoms with Gasteiger partial charge in [-0.2, -0.15) is 0 Å². The van der Waals surface area contributed by atoms with Crippen LogP contribution in [0.2, 0.25) is 0 Å². The third kappa shape index (κ3) is 3.76. The van der Waals surface area contributed by atoms with E-state index in [1.807, 2.05) is 32.0 Å². The van der Waals surface area contributed by atoms with E-state index in [0.717, 1.165) is 16.0 Å². The number of imide groups is 1. The number of benzene rings is 2. The Hall–Kier alpha value is -4.27. The minimum Gasteiger partial charge on any atom is -0.452 e. The van der Waals surface area contributed by atoms with Gasteiger partial charge in [0.1, 0.15) is 5.76 Å². The van der Waals surface area contributed by atoms with E-state index in [9.17, 15) is 19.2 Å². The molecule has 0 unspecified atom stereocenters. The van der Waals surface area contributed by atoms with Gasteiger partial charge in [-0.25, -0.2) is 9.69 Å². The van der Waals surface area contributed by atoms with E-state index in [2.05, 4.69) is 10.5 Å². The number of esters is 1. The zero-order chi connectivity index (χ0) is 23.0. The molecule has 2 aromatic carbocycles. The van der Waals surface area contributed by atoms with E-state index in [-0.39, 0.29) is 22.5 Å². The standard InChI is InChI=1S/C23H19N3O6/c1-12-5-4-6-13(2)20(12)24-19(27)11-31-23(30)15-7-8-16-17(10-15)22(29)26(21(16)28)18-9-14(3)32-25-18/h4-10H,11H2,1-3H3,(H,24,27). The lowest BCUT2D eigenvalue weighted by atomic mass is 10.1. The van der Waals surface area contributed by atoms with E-state index in [0.29, 0.717) is 11.4 Å². The summed E-state index contributed by atoms with van der Waals surface area (Å²) in [6.45, 7) is 4.86. The summed E-state index contributed by atoms with van der Waals surface area (Å²) in [7, 11) is 0. The molecule has 0 saturated heterocycles. The maximum absolute atomic E-state index is 12.7. The summed E-state index contributed by atoms with van der Waals surface area (Å²) in [4.78, 5) is 50.9. The molecule has 1 aromatic heterocycles. The number of fused-ring (bicyclic) bond motifs is 1. The molecule has 0 saturated carbocycles. The van der Waals surface area contributed by atoms with Crippen LogP contribution in [-0.2, 0) is 9.53 Å². The molecule has 1 aliphatic rings. The summed E-state index contributed by atoms with van der Waals surface area (Å²) < 4.78 is 10.0. The van der Waals surface area contributed by atoms with Crippen LogP contribution in [0.25, 0.3) is 0 Å². The van der Waals surface area contributed by atoms with Crippen LogP contribution in [0.5, 0.6) is 0 Å². The molecular weight excluding hydrogens is 414 g/mol. The minimum absolute atomic E-state index is 0.0444. The van der Waals surface area contributed by atoms with E-state index in [1.165, 1.54) is 24.3 Å². The van der Waals surface area contributed by atoms with Crippen LogP contribution in [0, 0.1) is 20.8 Å². The lowest BCUT2D eigenvalue weighted by molar-refractivity contribution is -0.119. The van der Waals surface area contributed by atoms with Gasteiger partial charge < -0.3 is 14.6 Å². The quantitative estimate of drug-likeness (QED) is 0.485. The highest BCUT2D eigenvalue weighted by molar-refractivity contribution is 6.34. The molecule has 2 heterocycles. The first-order chi connectivity index (χ1) is 15.3. The second-order valence-electron chi connectivity index (χ2n) is 7.39. The van der Waals surface area contributed by atoms with Gasteiger partial charge >= 0.3 is 5.97 Å². The molecule has 1 N–H and O–H groups in total. The van der Waals surface area contributed by atoms with Crippen LogP contribution in [0.4, 0.5) is 11.5 Å². The number of nitrogens with one attached hydrogen (secondary N) is 1. The molecule has 0 radical (unpaired) electrons. The van der Waals surface area contributed by atoms with Crippen molar-refractivity contribution in [3.8, 4) is 0 Å². The number of ether oxygens (including phenoxy) is 1. The Morgan fingerprint density at radius 2 is 1.69 bits per heavy atom. The molecule has 162 valence electrons. The Bertz CT molecular complexity index is 1260. The van der Waals surface area contributed by atoms with Crippen LogP contribution in [0.1, 0.15) is 48.0 Å². The van der Waals surface area contributed by atoms with Gasteiger partial charge in [-0.15, -0.1) is 0 Å². The first-order valence-corrected chi connectivity index (χ1v) is 9.75. The molecular formula is C23H19N3O6. The molecule has 0 fully saturated rings.